The number of fused-ring (bicyclic) bond motifs is 1. The minimum absolute atomic E-state index is 0.0424. The van der Waals surface area contributed by atoms with E-state index in [1.165, 1.54) is 12.1 Å². The first-order valence-corrected chi connectivity index (χ1v) is 9.30. The highest BCUT2D eigenvalue weighted by molar-refractivity contribution is 5.91. The minimum atomic E-state index is -0.271. The van der Waals surface area contributed by atoms with Crippen molar-refractivity contribution in [2.24, 2.45) is 0 Å². The summed E-state index contributed by atoms with van der Waals surface area (Å²) in [6, 6.07) is 17.9. The molecule has 2 heterocycles. The highest BCUT2D eigenvalue weighted by Crippen LogP contribution is 2.31. The molecule has 1 amide bonds. The normalized spacial score (nSPS) is 12.2. The number of furan rings is 1. The zero-order chi connectivity index (χ0) is 19.5. The number of rotatable bonds is 6. The molecule has 4 rings (SSSR count). The predicted molar refractivity (Wildman–Crippen MR) is 107 cm³/mol. The molecule has 0 spiro atoms. The predicted octanol–water partition coefficient (Wildman–Crippen LogP) is 5.38. The second kappa shape index (κ2) is 7.72. The fourth-order valence-corrected chi connectivity index (χ4v) is 3.48. The molecule has 4 aromatic rings. The van der Waals surface area contributed by atoms with Crippen molar-refractivity contribution in [3.05, 3.63) is 84.1 Å². The first-order valence-electron chi connectivity index (χ1n) is 9.30. The summed E-state index contributed by atoms with van der Waals surface area (Å²) in [4.78, 5) is 15.9. The first-order chi connectivity index (χ1) is 13.6. The number of aromatic amines is 1. The van der Waals surface area contributed by atoms with E-state index in [0.717, 1.165) is 33.5 Å². The third-order valence-corrected chi connectivity index (χ3v) is 4.90. The van der Waals surface area contributed by atoms with Crippen molar-refractivity contribution in [1.29, 1.82) is 0 Å². The average molecular weight is 376 g/mol. The summed E-state index contributed by atoms with van der Waals surface area (Å²) in [6.07, 6.45) is 2.52. The van der Waals surface area contributed by atoms with Gasteiger partial charge in [-0.05, 0) is 66.9 Å². The molecule has 0 radical (unpaired) electrons. The van der Waals surface area contributed by atoms with Gasteiger partial charge in [-0.15, -0.1) is 0 Å². The van der Waals surface area contributed by atoms with Crippen molar-refractivity contribution in [3.63, 3.8) is 0 Å². The fraction of sp³-hybridized carbons (Fsp3) is 0.174. The second-order valence-corrected chi connectivity index (χ2v) is 6.84. The molecule has 5 heteroatoms. The molecule has 2 aromatic heterocycles. The number of benzene rings is 2. The van der Waals surface area contributed by atoms with Crippen LogP contribution in [0.2, 0.25) is 0 Å². The van der Waals surface area contributed by atoms with Crippen molar-refractivity contribution in [2.75, 3.05) is 0 Å². The van der Waals surface area contributed by atoms with Gasteiger partial charge in [-0.3, -0.25) is 4.79 Å². The number of halogens is 1. The molecule has 2 N–H and O–H groups in total. The number of aromatic nitrogens is 1. The Kier molecular flexibility index (Phi) is 4.98. The van der Waals surface area contributed by atoms with Crippen LogP contribution in [0, 0.1) is 5.82 Å². The molecule has 4 nitrogen and oxygen atoms in total. The molecule has 0 aliphatic rings. The van der Waals surface area contributed by atoms with Crippen molar-refractivity contribution in [2.45, 2.75) is 25.8 Å². The molecule has 0 saturated carbocycles. The van der Waals surface area contributed by atoms with E-state index in [1.54, 1.807) is 24.5 Å². The highest BCUT2D eigenvalue weighted by Gasteiger charge is 2.16. The van der Waals surface area contributed by atoms with Crippen LogP contribution in [0.3, 0.4) is 0 Å². The molecule has 0 fully saturated rings. The van der Waals surface area contributed by atoms with Gasteiger partial charge in [0.2, 0.25) is 5.91 Å². The summed E-state index contributed by atoms with van der Waals surface area (Å²) in [5, 5.41) is 4.04. The van der Waals surface area contributed by atoms with E-state index in [2.05, 4.69) is 10.3 Å². The number of carbonyl (C=O) groups is 1. The lowest BCUT2D eigenvalue weighted by molar-refractivity contribution is -0.121. The van der Waals surface area contributed by atoms with Gasteiger partial charge < -0.3 is 14.7 Å². The molecule has 0 aliphatic heterocycles. The Bertz CT molecular complexity index is 1080. The van der Waals surface area contributed by atoms with Crippen LogP contribution in [0.15, 0.2) is 71.3 Å². The van der Waals surface area contributed by atoms with Crippen LogP contribution in [0.25, 0.3) is 22.2 Å². The van der Waals surface area contributed by atoms with Crippen LogP contribution >= 0.6 is 0 Å². The van der Waals surface area contributed by atoms with Gasteiger partial charge in [0.05, 0.1) is 12.3 Å². The number of carbonyl (C=O) groups excluding carboxylic acids is 1. The van der Waals surface area contributed by atoms with E-state index >= 15 is 0 Å². The quantitative estimate of drug-likeness (QED) is 0.475. The SMILES string of the molecule is C[C@H](NC(=O)CCc1c(-c2ccc(F)cc2)[nH]c2ccccc12)c1ccco1. The Balaban J connectivity index is 1.56. The number of H-pyrrole nitrogens is 1. The van der Waals surface area contributed by atoms with Crippen LogP contribution < -0.4 is 5.32 Å². The second-order valence-electron chi connectivity index (χ2n) is 6.84. The Hall–Kier alpha value is -3.34. The molecule has 0 saturated heterocycles. The summed E-state index contributed by atoms with van der Waals surface area (Å²) in [6.45, 7) is 1.90. The van der Waals surface area contributed by atoms with Gasteiger partial charge in [-0.25, -0.2) is 4.39 Å². The van der Waals surface area contributed by atoms with Gasteiger partial charge in [-0.2, -0.15) is 0 Å². The van der Waals surface area contributed by atoms with Crippen molar-refractivity contribution < 1.29 is 13.6 Å². The van der Waals surface area contributed by atoms with Gasteiger partial charge in [0, 0.05) is 23.0 Å². The Morgan fingerprint density at radius 2 is 1.89 bits per heavy atom. The van der Waals surface area contributed by atoms with Gasteiger partial charge in [-0.1, -0.05) is 18.2 Å². The van der Waals surface area contributed by atoms with Crippen LogP contribution in [0.1, 0.15) is 30.7 Å². The lowest BCUT2D eigenvalue weighted by Crippen LogP contribution is -2.26. The van der Waals surface area contributed by atoms with Crippen LogP contribution in [-0.2, 0) is 11.2 Å². The third kappa shape index (κ3) is 3.69. The smallest absolute Gasteiger partial charge is 0.220 e. The highest BCUT2D eigenvalue weighted by atomic mass is 19.1. The largest absolute Gasteiger partial charge is 0.467 e. The maximum absolute atomic E-state index is 13.3. The number of hydrogen-bond donors (Lipinski definition) is 2. The maximum atomic E-state index is 13.3. The molecule has 2 aromatic carbocycles. The summed E-state index contributed by atoms with van der Waals surface area (Å²) in [7, 11) is 0. The topological polar surface area (TPSA) is 58.0 Å². The standard InChI is InChI=1S/C23H21FN2O2/c1-15(21-7-4-14-28-21)25-22(27)13-12-19-18-5-2-3-6-20(18)26-23(19)16-8-10-17(24)11-9-16/h2-11,14-15,26H,12-13H2,1H3,(H,25,27)/t15-/m0/s1. The zero-order valence-corrected chi connectivity index (χ0v) is 15.5. The molecular formula is C23H21FN2O2. The summed E-state index contributed by atoms with van der Waals surface area (Å²) < 4.78 is 18.7. The number of amides is 1. The number of hydrogen-bond acceptors (Lipinski definition) is 2. The lowest BCUT2D eigenvalue weighted by atomic mass is 10.0. The van der Waals surface area contributed by atoms with Gasteiger partial charge in [0.1, 0.15) is 11.6 Å². The Morgan fingerprint density at radius 3 is 2.64 bits per heavy atom. The molecule has 0 bridgehead atoms. The third-order valence-electron chi connectivity index (χ3n) is 4.90. The molecule has 1 atom stereocenters. The monoisotopic (exact) mass is 376 g/mol. The molecule has 28 heavy (non-hydrogen) atoms. The average Bonchev–Trinajstić information content (AvgIpc) is 3.35. The maximum Gasteiger partial charge on any atom is 0.220 e. The molecule has 0 unspecified atom stereocenters. The van der Waals surface area contributed by atoms with Crippen LogP contribution in [-0.4, -0.2) is 10.9 Å². The van der Waals surface area contributed by atoms with E-state index in [-0.39, 0.29) is 17.8 Å². The fourth-order valence-electron chi connectivity index (χ4n) is 3.48. The van der Waals surface area contributed by atoms with Crippen molar-refractivity contribution in [1.82, 2.24) is 10.3 Å². The number of aryl methyl sites for hydroxylation is 1. The summed E-state index contributed by atoms with van der Waals surface area (Å²) in [5.41, 5.74) is 3.88. The van der Waals surface area contributed by atoms with E-state index in [4.69, 9.17) is 4.42 Å². The summed E-state index contributed by atoms with van der Waals surface area (Å²) >= 11 is 0. The van der Waals surface area contributed by atoms with Gasteiger partial charge >= 0.3 is 0 Å². The van der Waals surface area contributed by atoms with Crippen molar-refractivity contribution >= 4 is 16.8 Å². The van der Waals surface area contributed by atoms with E-state index in [1.807, 2.05) is 37.3 Å². The van der Waals surface area contributed by atoms with Crippen LogP contribution in [0.4, 0.5) is 4.39 Å². The van der Waals surface area contributed by atoms with E-state index in [9.17, 15) is 9.18 Å². The Morgan fingerprint density at radius 1 is 1.11 bits per heavy atom. The number of nitrogens with one attached hydrogen (secondary N) is 2. The van der Waals surface area contributed by atoms with E-state index in [0.29, 0.717) is 12.8 Å². The zero-order valence-electron chi connectivity index (χ0n) is 15.5. The number of para-hydroxylation sites is 1. The minimum Gasteiger partial charge on any atom is -0.467 e. The first kappa shape index (κ1) is 18.0. The molecule has 142 valence electrons. The van der Waals surface area contributed by atoms with Crippen molar-refractivity contribution in [3.8, 4) is 11.3 Å². The van der Waals surface area contributed by atoms with E-state index < -0.39 is 0 Å². The van der Waals surface area contributed by atoms with Crippen LogP contribution in [0.5, 0.6) is 0 Å². The summed E-state index contributed by atoms with van der Waals surface area (Å²) in [5.74, 6) is 0.416. The Labute approximate surface area is 162 Å². The lowest BCUT2D eigenvalue weighted by Gasteiger charge is -2.12. The van der Waals surface area contributed by atoms with Gasteiger partial charge in [0.25, 0.3) is 0 Å². The van der Waals surface area contributed by atoms with Gasteiger partial charge in [0.15, 0.2) is 0 Å². The molecular weight excluding hydrogens is 355 g/mol. The molecule has 0 aliphatic carbocycles.